The largest absolute Gasteiger partial charge is 0.380 e. The zero-order valence-electron chi connectivity index (χ0n) is 8.92. The highest BCUT2D eigenvalue weighted by Gasteiger charge is 1.95. The van der Waals surface area contributed by atoms with Crippen molar-refractivity contribution >= 4 is 17.4 Å². The normalized spacial score (nSPS) is 10.1. The van der Waals surface area contributed by atoms with Gasteiger partial charge >= 0.3 is 0 Å². The van der Waals surface area contributed by atoms with Gasteiger partial charge in [0.25, 0.3) is 0 Å². The van der Waals surface area contributed by atoms with Gasteiger partial charge in [-0.3, -0.25) is 0 Å². The summed E-state index contributed by atoms with van der Waals surface area (Å²) in [7, 11) is 0. The van der Waals surface area contributed by atoms with Gasteiger partial charge in [0.15, 0.2) is 0 Å². The average molecular weight is 232 g/mol. The predicted molar refractivity (Wildman–Crippen MR) is 65.4 cm³/mol. The molecule has 0 aromatic carbocycles. The summed E-state index contributed by atoms with van der Waals surface area (Å²) < 4.78 is 0. The molecule has 82 valence electrons. The summed E-state index contributed by atoms with van der Waals surface area (Å²) >= 11 is 1.63. The van der Waals surface area contributed by atoms with E-state index in [-0.39, 0.29) is 0 Å². The minimum absolute atomic E-state index is 0.709. The Bertz CT molecular complexity index is 429. The Morgan fingerprint density at radius 1 is 1.19 bits per heavy atom. The van der Waals surface area contributed by atoms with Crippen molar-refractivity contribution < 1.29 is 0 Å². The smallest absolute Gasteiger partial charge is 0.115 e. The topological polar surface area (TPSA) is 50.7 Å². The van der Waals surface area contributed by atoms with Gasteiger partial charge in [0.05, 0.1) is 16.9 Å². The summed E-state index contributed by atoms with van der Waals surface area (Å²) in [6.45, 7) is 0.709. The van der Waals surface area contributed by atoms with Crippen LogP contribution in [0.25, 0.3) is 0 Å². The molecule has 0 aliphatic heterocycles. The SMILES string of the molecule is CSc1ccc(NCc2cncnc2)cn1. The Kier molecular flexibility index (Phi) is 3.71. The van der Waals surface area contributed by atoms with Crippen LogP contribution in [0.5, 0.6) is 0 Å². The molecule has 0 fully saturated rings. The first kappa shape index (κ1) is 10.9. The second-order valence-electron chi connectivity index (χ2n) is 3.19. The molecule has 2 heterocycles. The van der Waals surface area contributed by atoms with E-state index in [1.54, 1.807) is 24.2 Å². The molecule has 0 saturated carbocycles. The number of nitrogens with one attached hydrogen (secondary N) is 1. The number of hydrogen-bond donors (Lipinski definition) is 1. The molecule has 16 heavy (non-hydrogen) atoms. The summed E-state index contributed by atoms with van der Waals surface area (Å²) in [6.07, 6.45) is 8.96. The molecule has 5 heteroatoms. The lowest BCUT2D eigenvalue weighted by atomic mass is 10.3. The first-order chi connectivity index (χ1) is 7.88. The van der Waals surface area contributed by atoms with Crippen molar-refractivity contribution in [3.05, 3.63) is 42.6 Å². The van der Waals surface area contributed by atoms with Crippen LogP contribution in [0.3, 0.4) is 0 Å². The zero-order chi connectivity index (χ0) is 11.2. The number of rotatable bonds is 4. The van der Waals surface area contributed by atoms with E-state index >= 15 is 0 Å². The van der Waals surface area contributed by atoms with Gasteiger partial charge in [0.2, 0.25) is 0 Å². The van der Waals surface area contributed by atoms with Crippen molar-refractivity contribution in [2.24, 2.45) is 0 Å². The maximum atomic E-state index is 4.28. The number of hydrogen-bond acceptors (Lipinski definition) is 5. The molecule has 0 aliphatic carbocycles. The van der Waals surface area contributed by atoms with E-state index in [0.29, 0.717) is 6.54 Å². The van der Waals surface area contributed by atoms with Crippen LogP contribution in [0, 0.1) is 0 Å². The fraction of sp³-hybridized carbons (Fsp3) is 0.182. The second-order valence-corrected chi connectivity index (χ2v) is 4.02. The lowest BCUT2D eigenvalue weighted by molar-refractivity contribution is 1.04. The standard InChI is InChI=1S/C11H12N4S/c1-16-11-3-2-10(7-15-11)14-6-9-4-12-8-13-5-9/h2-5,7-8,14H,6H2,1H3. The number of nitrogens with zero attached hydrogens (tertiary/aromatic N) is 3. The third kappa shape index (κ3) is 2.93. The molecule has 0 amide bonds. The molecule has 0 bridgehead atoms. The third-order valence-electron chi connectivity index (χ3n) is 2.06. The molecular formula is C11H12N4S. The summed E-state index contributed by atoms with van der Waals surface area (Å²) in [6, 6.07) is 4.01. The van der Waals surface area contributed by atoms with Gasteiger partial charge in [-0.15, -0.1) is 11.8 Å². The van der Waals surface area contributed by atoms with Gasteiger partial charge in [-0.2, -0.15) is 0 Å². The first-order valence-corrected chi connectivity index (χ1v) is 6.09. The lowest BCUT2D eigenvalue weighted by Crippen LogP contribution is -2.00. The molecule has 4 nitrogen and oxygen atoms in total. The Balaban J connectivity index is 1.94. The number of pyridine rings is 1. The molecule has 1 N–H and O–H groups in total. The highest BCUT2D eigenvalue weighted by molar-refractivity contribution is 7.98. The van der Waals surface area contributed by atoms with E-state index in [1.165, 1.54) is 6.33 Å². The van der Waals surface area contributed by atoms with Crippen LogP contribution < -0.4 is 5.32 Å². The molecule has 2 aromatic rings. The third-order valence-corrected chi connectivity index (χ3v) is 2.72. The van der Waals surface area contributed by atoms with Crippen molar-refractivity contribution in [3.8, 4) is 0 Å². The molecular weight excluding hydrogens is 220 g/mol. The van der Waals surface area contributed by atoms with E-state index in [9.17, 15) is 0 Å². The van der Waals surface area contributed by atoms with Crippen molar-refractivity contribution in [1.82, 2.24) is 15.0 Å². The first-order valence-electron chi connectivity index (χ1n) is 4.86. The summed E-state index contributed by atoms with van der Waals surface area (Å²) in [4.78, 5) is 12.2. The number of anilines is 1. The fourth-order valence-corrected chi connectivity index (χ4v) is 1.59. The Labute approximate surface area is 98.6 Å². The van der Waals surface area contributed by atoms with E-state index in [4.69, 9.17) is 0 Å². The van der Waals surface area contributed by atoms with E-state index in [2.05, 4.69) is 20.3 Å². The van der Waals surface area contributed by atoms with E-state index in [0.717, 1.165) is 16.3 Å². The van der Waals surface area contributed by atoms with Gasteiger partial charge in [0.1, 0.15) is 6.33 Å². The average Bonchev–Trinajstić information content (AvgIpc) is 2.38. The van der Waals surface area contributed by atoms with E-state index < -0.39 is 0 Å². The van der Waals surface area contributed by atoms with Crippen molar-refractivity contribution in [2.75, 3.05) is 11.6 Å². The van der Waals surface area contributed by atoms with Crippen LogP contribution in [0.1, 0.15) is 5.56 Å². The van der Waals surface area contributed by atoms with Gasteiger partial charge < -0.3 is 5.32 Å². The maximum absolute atomic E-state index is 4.28. The minimum Gasteiger partial charge on any atom is -0.380 e. The molecule has 0 spiro atoms. The predicted octanol–water partition coefficient (Wildman–Crippen LogP) is 2.21. The Morgan fingerprint density at radius 3 is 2.62 bits per heavy atom. The highest BCUT2D eigenvalue weighted by atomic mass is 32.2. The molecule has 0 atom stereocenters. The van der Waals surface area contributed by atoms with Gasteiger partial charge in [0, 0.05) is 24.5 Å². The Morgan fingerprint density at radius 2 is 2.00 bits per heavy atom. The van der Waals surface area contributed by atoms with Gasteiger partial charge in [-0.1, -0.05) is 0 Å². The minimum atomic E-state index is 0.709. The van der Waals surface area contributed by atoms with Crippen LogP contribution in [-0.2, 0) is 6.54 Å². The summed E-state index contributed by atoms with van der Waals surface area (Å²) in [5.41, 5.74) is 2.05. The van der Waals surface area contributed by atoms with Crippen LogP contribution in [0.2, 0.25) is 0 Å². The Hall–Kier alpha value is -1.62. The van der Waals surface area contributed by atoms with Crippen molar-refractivity contribution in [2.45, 2.75) is 11.6 Å². The van der Waals surface area contributed by atoms with Gasteiger partial charge in [-0.25, -0.2) is 15.0 Å². The summed E-state index contributed by atoms with van der Waals surface area (Å²) in [5, 5.41) is 4.28. The molecule has 2 aromatic heterocycles. The van der Waals surface area contributed by atoms with Gasteiger partial charge in [-0.05, 0) is 18.4 Å². The number of aromatic nitrogens is 3. The highest BCUT2D eigenvalue weighted by Crippen LogP contribution is 2.14. The molecule has 2 rings (SSSR count). The number of thioether (sulfide) groups is 1. The molecule has 0 unspecified atom stereocenters. The monoisotopic (exact) mass is 232 g/mol. The fourth-order valence-electron chi connectivity index (χ4n) is 1.23. The van der Waals surface area contributed by atoms with E-state index in [1.807, 2.05) is 24.6 Å². The molecule has 0 saturated heterocycles. The summed E-state index contributed by atoms with van der Waals surface area (Å²) in [5.74, 6) is 0. The van der Waals surface area contributed by atoms with Crippen LogP contribution in [0.4, 0.5) is 5.69 Å². The van der Waals surface area contributed by atoms with Crippen molar-refractivity contribution in [3.63, 3.8) is 0 Å². The van der Waals surface area contributed by atoms with Crippen LogP contribution >= 0.6 is 11.8 Å². The molecule has 0 aliphatic rings. The zero-order valence-corrected chi connectivity index (χ0v) is 9.74. The quantitative estimate of drug-likeness (QED) is 0.819. The maximum Gasteiger partial charge on any atom is 0.115 e. The lowest BCUT2D eigenvalue weighted by Gasteiger charge is -2.05. The van der Waals surface area contributed by atoms with Crippen molar-refractivity contribution in [1.29, 1.82) is 0 Å². The van der Waals surface area contributed by atoms with Crippen LogP contribution in [0.15, 0.2) is 42.1 Å². The molecule has 0 radical (unpaired) electrons. The van der Waals surface area contributed by atoms with Crippen LogP contribution in [-0.4, -0.2) is 21.2 Å². The second kappa shape index (κ2) is 5.46.